The normalized spacial score (nSPS) is 10.1. The highest BCUT2D eigenvalue weighted by Crippen LogP contribution is 2.22. The lowest BCUT2D eigenvalue weighted by molar-refractivity contribution is 0.415. The van der Waals surface area contributed by atoms with Gasteiger partial charge in [-0.05, 0) is 43.3 Å². The van der Waals surface area contributed by atoms with Gasteiger partial charge in [0.15, 0.2) is 0 Å². The Morgan fingerprint density at radius 3 is 2.60 bits per heavy atom. The van der Waals surface area contributed by atoms with Crippen LogP contribution >= 0.6 is 11.8 Å². The molecule has 104 valence electrons. The number of hydrogen-bond acceptors (Lipinski definition) is 3. The van der Waals surface area contributed by atoms with Crippen molar-refractivity contribution in [1.29, 1.82) is 0 Å². The first-order valence-electron chi connectivity index (χ1n) is 6.46. The Kier molecular flexibility index (Phi) is 5.13. The third-order valence-corrected chi connectivity index (χ3v) is 3.89. The molecule has 0 saturated heterocycles. The van der Waals surface area contributed by atoms with Crippen LogP contribution in [0.15, 0.2) is 65.7 Å². The number of methoxy groups -OCH3 is 1. The van der Waals surface area contributed by atoms with E-state index in [2.05, 4.69) is 43.1 Å². The van der Waals surface area contributed by atoms with Gasteiger partial charge in [0.05, 0.1) is 7.11 Å². The highest BCUT2D eigenvalue weighted by molar-refractivity contribution is 7.99. The molecule has 0 radical (unpaired) electrons. The van der Waals surface area contributed by atoms with Gasteiger partial charge in [0.25, 0.3) is 0 Å². The molecule has 2 rings (SSSR count). The van der Waals surface area contributed by atoms with Crippen LogP contribution in [-0.2, 0) is 0 Å². The molecule has 0 heterocycles. The summed E-state index contributed by atoms with van der Waals surface area (Å²) in [5.41, 5.74) is 3.30. The summed E-state index contributed by atoms with van der Waals surface area (Å²) in [6, 6.07) is 16.3. The fraction of sp³-hybridized carbons (Fsp3) is 0.176. The Hall–Kier alpha value is -1.87. The predicted molar refractivity (Wildman–Crippen MR) is 87.7 cm³/mol. The van der Waals surface area contributed by atoms with Crippen molar-refractivity contribution in [2.24, 2.45) is 0 Å². The lowest BCUT2D eigenvalue weighted by atomic mass is 10.2. The molecular weight excluding hydrogens is 266 g/mol. The minimum atomic E-state index is 0.843. The molecule has 2 aromatic rings. The third kappa shape index (κ3) is 4.35. The van der Waals surface area contributed by atoms with E-state index in [0.29, 0.717) is 0 Å². The van der Waals surface area contributed by atoms with Gasteiger partial charge in [-0.3, -0.25) is 0 Å². The molecule has 3 heteroatoms. The minimum absolute atomic E-state index is 0.843. The van der Waals surface area contributed by atoms with Crippen molar-refractivity contribution in [2.45, 2.75) is 11.8 Å². The lowest BCUT2D eigenvalue weighted by Crippen LogP contribution is -2.00. The summed E-state index contributed by atoms with van der Waals surface area (Å²) in [6.45, 7) is 6.17. The molecule has 0 spiro atoms. The lowest BCUT2D eigenvalue weighted by Gasteiger charge is -2.10. The van der Waals surface area contributed by atoms with E-state index in [1.165, 1.54) is 10.5 Å². The van der Waals surface area contributed by atoms with Gasteiger partial charge in [0, 0.05) is 22.0 Å². The monoisotopic (exact) mass is 285 g/mol. The van der Waals surface area contributed by atoms with E-state index in [0.717, 1.165) is 22.9 Å². The molecule has 2 aromatic carbocycles. The topological polar surface area (TPSA) is 21.3 Å². The van der Waals surface area contributed by atoms with Gasteiger partial charge in [-0.15, -0.1) is 11.8 Å². The van der Waals surface area contributed by atoms with E-state index in [1.807, 2.05) is 24.3 Å². The van der Waals surface area contributed by atoms with Crippen molar-refractivity contribution in [3.8, 4) is 5.75 Å². The molecule has 0 amide bonds. The summed E-state index contributed by atoms with van der Waals surface area (Å²) >= 11 is 1.78. The van der Waals surface area contributed by atoms with Gasteiger partial charge in [-0.1, -0.05) is 24.3 Å². The number of anilines is 1. The summed E-state index contributed by atoms with van der Waals surface area (Å²) in [5, 5.41) is 3.31. The maximum Gasteiger partial charge on any atom is 0.119 e. The summed E-state index contributed by atoms with van der Waals surface area (Å²) in [5.74, 6) is 1.70. The number of thioether (sulfide) groups is 1. The van der Waals surface area contributed by atoms with Crippen LogP contribution in [0.3, 0.4) is 0 Å². The van der Waals surface area contributed by atoms with Gasteiger partial charge >= 0.3 is 0 Å². The van der Waals surface area contributed by atoms with Crippen LogP contribution in [0.2, 0.25) is 0 Å². The van der Waals surface area contributed by atoms with Crippen molar-refractivity contribution < 1.29 is 4.74 Å². The maximum atomic E-state index is 5.14. The smallest absolute Gasteiger partial charge is 0.119 e. The molecule has 2 nitrogen and oxygen atoms in total. The Labute approximate surface area is 124 Å². The Balaban J connectivity index is 1.85. The number of aryl methyl sites for hydroxylation is 1. The molecule has 0 aromatic heterocycles. The van der Waals surface area contributed by atoms with E-state index in [9.17, 15) is 0 Å². The molecular formula is C17H19NOS. The summed E-state index contributed by atoms with van der Waals surface area (Å²) in [7, 11) is 1.67. The van der Waals surface area contributed by atoms with Gasteiger partial charge in [0.1, 0.15) is 5.75 Å². The van der Waals surface area contributed by atoms with E-state index in [4.69, 9.17) is 4.74 Å². The van der Waals surface area contributed by atoms with Gasteiger partial charge in [-0.2, -0.15) is 0 Å². The van der Waals surface area contributed by atoms with Crippen molar-refractivity contribution >= 4 is 17.4 Å². The van der Waals surface area contributed by atoms with E-state index in [-0.39, 0.29) is 0 Å². The first-order valence-corrected chi connectivity index (χ1v) is 7.44. The zero-order valence-corrected chi connectivity index (χ0v) is 12.7. The van der Waals surface area contributed by atoms with Crippen molar-refractivity contribution in [3.05, 3.63) is 66.4 Å². The summed E-state index contributed by atoms with van der Waals surface area (Å²) < 4.78 is 5.14. The van der Waals surface area contributed by atoms with Crippen LogP contribution in [0.4, 0.5) is 5.69 Å². The quantitative estimate of drug-likeness (QED) is 0.776. The van der Waals surface area contributed by atoms with Gasteiger partial charge in [0.2, 0.25) is 0 Å². The largest absolute Gasteiger partial charge is 0.497 e. The standard InChI is InChI=1S/C17H19NOS/c1-13-5-4-6-17(11-13)20-12-14(2)18-15-7-9-16(19-3)10-8-15/h4-11,18H,2,12H2,1,3H3. The fourth-order valence-corrected chi connectivity index (χ4v) is 2.65. The number of nitrogens with one attached hydrogen (secondary N) is 1. The second kappa shape index (κ2) is 7.06. The SMILES string of the molecule is C=C(CSc1cccc(C)c1)Nc1ccc(OC)cc1. The molecule has 0 atom stereocenters. The molecule has 0 aliphatic heterocycles. The average molecular weight is 285 g/mol. The van der Waals surface area contributed by atoms with Crippen LogP contribution < -0.4 is 10.1 Å². The van der Waals surface area contributed by atoms with Crippen LogP contribution in [0.1, 0.15) is 5.56 Å². The highest BCUT2D eigenvalue weighted by Gasteiger charge is 1.99. The van der Waals surface area contributed by atoms with Crippen molar-refractivity contribution in [2.75, 3.05) is 18.2 Å². The number of benzene rings is 2. The van der Waals surface area contributed by atoms with Crippen LogP contribution in [-0.4, -0.2) is 12.9 Å². The molecule has 0 fully saturated rings. The minimum Gasteiger partial charge on any atom is -0.497 e. The van der Waals surface area contributed by atoms with Crippen LogP contribution in [0.5, 0.6) is 5.75 Å². The molecule has 0 aliphatic carbocycles. The Morgan fingerprint density at radius 2 is 1.95 bits per heavy atom. The molecule has 0 aliphatic rings. The van der Waals surface area contributed by atoms with E-state index >= 15 is 0 Å². The zero-order chi connectivity index (χ0) is 14.4. The number of hydrogen-bond donors (Lipinski definition) is 1. The highest BCUT2D eigenvalue weighted by atomic mass is 32.2. The summed E-state index contributed by atoms with van der Waals surface area (Å²) in [6.07, 6.45) is 0. The average Bonchev–Trinajstić information content (AvgIpc) is 2.46. The molecule has 1 N–H and O–H groups in total. The zero-order valence-electron chi connectivity index (χ0n) is 11.8. The van der Waals surface area contributed by atoms with Gasteiger partial charge in [-0.25, -0.2) is 0 Å². The van der Waals surface area contributed by atoms with E-state index in [1.54, 1.807) is 18.9 Å². The number of ether oxygens (including phenoxy) is 1. The Morgan fingerprint density at radius 1 is 1.20 bits per heavy atom. The summed E-state index contributed by atoms with van der Waals surface area (Å²) in [4.78, 5) is 1.27. The van der Waals surface area contributed by atoms with Crippen LogP contribution in [0.25, 0.3) is 0 Å². The van der Waals surface area contributed by atoms with E-state index < -0.39 is 0 Å². The second-order valence-electron chi connectivity index (χ2n) is 4.56. The van der Waals surface area contributed by atoms with Crippen molar-refractivity contribution in [1.82, 2.24) is 0 Å². The molecule has 0 unspecified atom stereocenters. The van der Waals surface area contributed by atoms with Crippen LogP contribution in [0, 0.1) is 6.92 Å². The fourth-order valence-electron chi connectivity index (χ4n) is 1.79. The predicted octanol–water partition coefficient (Wildman–Crippen LogP) is 4.72. The maximum absolute atomic E-state index is 5.14. The third-order valence-electron chi connectivity index (χ3n) is 2.81. The number of rotatable bonds is 6. The second-order valence-corrected chi connectivity index (χ2v) is 5.61. The molecule has 20 heavy (non-hydrogen) atoms. The Bertz CT molecular complexity index is 578. The van der Waals surface area contributed by atoms with Crippen molar-refractivity contribution in [3.63, 3.8) is 0 Å². The first kappa shape index (κ1) is 14.5. The molecule has 0 bridgehead atoms. The molecule has 0 saturated carbocycles. The van der Waals surface area contributed by atoms with Gasteiger partial charge < -0.3 is 10.1 Å². The first-order chi connectivity index (χ1) is 9.67.